The first-order chi connectivity index (χ1) is 14.4. The van der Waals surface area contributed by atoms with Crippen LogP contribution in [0.5, 0.6) is 0 Å². The molecule has 14 nitrogen and oxygen atoms in total. The number of aliphatic hydroxyl groups is 1. The average molecular weight is 459 g/mol. The maximum atomic E-state index is 12.8. The number of aliphatic hydroxyl groups excluding tert-OH is 1. The number of hydrogen-bond donors (Lipinski definition) is 5. The fourth-order valence-electron chi connectivity index (χ4n) is 2.44. The number of thiazole rings is 1. The third-order valence-corrected chi connectivity index (χ3v) is 4.93. The van der Waals surface area contributed by atoms with Crippen LogP contribution in [0.15, 0.2) is 10.5 Å². The molecule has 0 spiro atoms. The highest BCUT2D eigenvalue weighted by Crippen LogP contribution is 2.33. The molecule has 1 saturated heterocycles. The molecule has 1 aliphatic heterocycles. The number of carbonyl (C=O) groups excluding carboxylic acids is 2. The zero-order valence-electron chi connectivity index (χ0n) is 16.6. The van der Waals surface area contributed by atoms with Crippen molar-refractivity contribution in [1.82, 2.24) is 15.4 Å². The number of amides is 2. The van der Waals surface area contributed by atoms with Crippen molar-refractivity contribution in [2.24, 2.45) is 5.16 Å². The summed E-state index contributed by atoms with van der Waals surface area (Å²) in [7, 11) is 0. The summed E-state index contributed by atoms with van der Waals surface area (Å²) in [5.74, 6) is -4.47. The summed E-state index contributed by atoms with van der Waals surface area (Å²) in [5.41, 5.74) is 3.97. The fourth-order valence-corrected chi connectivity index (χ4v) is 2.99. The van der Waals surface area contributed by atoms with Crippen LogP contribution >= 0.6 is 11.3 Å². The number of nitrogen functional groups attached to an aromatic ring is 1. The predicted molar refractivity (Wildman–Crippen MR) is 104 cm³/mol. The van der Waals surface area contributed by atoms with E-state index in [1.165, 1.54) is 26.2 Å². The first kappa shape index (κ1) is 24.0. The van der Waals surface area contributed by atoms with Crippen molar-refractivity contribution in [3.8, 4) is 0 Å². The van der Waals surface area contributed by atoms with Gasteiger partial charge in [0.05, 0.1) is 12.1 Å². The first-order valence-corrected chi connectivity index (χ1v) is 9.61. The van der Waals surface area contributed by atoms with Gasteiger partial charge in [-0.15, -0.1) is 11.3 Å². The smallest absolute Gasteiger partial charge is 0.347 e. The van der Waals surface area contributed by atoms with Gasteiger partial charge in [0.1, 0.15) is 11.7 Å². The highest BCUT2D eigenvalue weighted by atomic mass is 32.1. The van der Waals surface area contributed by atoms with Gasteiger partial charge in [-0.1, -0.05) is 5.16 Å². The quantitative estimate of drug-likeness (QED) is 0.153. The number of carboxylic acid groups (broad SMARTS) is 2. The number of aromatic nitrogens is 1. The molecule has 0 aliphatic carbocycles. The molecule has 0 radical (unpaired) electrons. The van der Waals surface area contributed by atoms with Crippen LogP contribution in [0.2, 0.25) is 0 Å². The van der Waals surface area contributed by atoms with Crippen LogP contribution in [0.25, 0.3) is 0 Å². The Morgan fingerprint density at radius 1 is 1.39 bits per heavy atom. The summed E-state index contributed by atoms with van der Waals surface area (Å²) in [6.07, 6.45) is -3.03. The van der Waals surface area contributed by atoms with Crippen LogP contribution in [0.1, 0.15) is 26.5 Å². The molecule has 0 saturated carbocycles. The molecule has 2 amide bonds. The maximum absolute atomic E-state index is 12.8. The molecule has 1 aromatic rings. The van der Waals surface area contributed by atoms with Crippen molar-refractivity contribution in [1.29, 1.82) is 0 Å². The zero-order chi connectivity index (χ0) is 23.5. The lowest BCUT2D eigenvalue weighted by Crippen LogP contribution is -2.77. The number of carbonyl (C=O) groups is 4. The molecule has 0 aromatic carbocycles. The molecule has 2 heterocycles. The van der Waals surface area contributed by atoms with Crippen molar-refractivity contribution in [3.05, 3.63) is 11.1 Å². The van der Waals surface area contributed by atoms with E-state index in [9.17, 15) is 19.2 Å². The molecular weight excluding hydrogens is 438 g/mol. The molecule has 3 atom stereocenters. The van der Waals surface area contributed by atoms with Crippen molar-refractivity contribution < 1.29 is 44.2 Å². The second-order valence-electron chi connectivity index (χ2n) is 6.90. The number of oxime groups is 1. The second-order valence-corrected chi connectivity index (χ2v) is 7.79. The Bertz CT molecular complexity index is 915. The van der Waals surface area contributed by atoms with Crippen molar-refractivity contribution in [2.45, 2.75) is 44.6 Å². The van der Waals surface area contributed by atoms with Gasteiger partial charge in [0.2, 0.25) is 12.2 Å². The van der Waals surface area contributed by atoms with Gasteiger partial charge < -0.3 is 31.2 Å². The molecule has 170 valence electrons. The summed E-state index contributed by atoms with van der Waals surface area (Å²) in [6, 6.07) is -1.15. The minimum atomic E-state index is -1.67. The van der Waals surface area contributed by atoms with E-state index in [2.05, 4.69) is 15.5 Å². The lowest BCUT2D eigenvalue weighted by Gasteiger charge is -2.52. The number of β-lactam (4-membered cyclic amide) rings is 1. The number of nitrogens with two attached hydrogens (primary N) is 1. The molecule has 2 rings (SSSR count). The van der Waals surface area contributed by atoms with Gasteiger partial charge >= 0.3 is 11.9 Å². The Morgan fingerprint density at radius 3 is 2.48 bits per heavy atom. The van der Waals surface area contributed by atoms with Gasteiger partial charge in [-0.3, -0.25) is 14.4 Å². The maximum Gasteiger partial charge on any atom is 0.347 e. The number of hydroxylamine groups is 2. The second kappa shape index (κ2) is 9.23. The largest absolute Gasteiger partial charge is 0.479 e. The van der Waals surface area contributed by atoms with Gasteiger partial charge in [-0.05, 0) is 20.8 Å². The topological polar surface area (TPSA) is 214 Å². The highest BCUT2D eigenvalue weighted by Gasteiger charge is 2.57. The summed E-state index contributed by atoms with van der Waals surface area (Å²) < 4.78 is 0. The van der Waals surface area contributed by atoms with Crippen molar-refractivity contribution in [2.75, 3.05) is 12.3 Å². The lowest BCUT2D eigenvalue weighted by atomic mass is 9.84. The standard InChI is InChI=1S/C16H21N5O9S/c1-6(13(25)26)29-20-9(7-5-31-15(17)18-7)11(23)19-10-12(24)21(16(10,2)3)30-8(4-22)14(27)28/h5-6,8,10,22H,4H2,1-3H3,(H2,17,18)(H,19,23)(H,25,26)(H,27,28). The first-order valence-electron chi connectivity index (χ1n) is 8.73. The molecule has 1 aromatic heterocycles. The normalized spacial score (nSPS) is 19.9. The Kier molecular flexibility index (Phi) is 7.14. The predicted octanol–water partition coefficient (Wildman–Crippen LogP) is -1.60. The minimum Gasteiger partial charge on any atom is -0.479 e. The Labute approximate surface area is 179 Å². The van der Waals surface area contributed by atoms with Crippen LogP contribution in [0.3, 0.4) is 0 Å². The summed E-state index contributed by atoms with van der Waals surface area (Å²) in [4.78, 5) is 60.9. The Balaban J connectivity index is 2.19. The lowest BCUT2D eigenvalue weighted by molar-refractivity contribution is -0.278. The SMILES string of the molecule is CC(ON=C(C(=O)NC1C(=O)N(OC(CO)C(=O)O)C1(C)C)c1csc(N)n1)C(=O)O. The van der Waals surface area contributed by atoms with E-state index in [0.717, 1.165) is 16.4 Å². The number of carboxylic acids is 2. The van der Waals surface area contributed by atoms with E-state index >= 15 is 0 Å². The van der Waals surface area contributed by atoms with Crippen LogP contribution in [0, 0.1) is 0 Å². The van der Waals surface area contributed by atoms with E-state index in [4.69, 9.17) is 30.7 Å². The molecular formula is C16H21N5O9S. The third-order valence-electron chi connectivity index (χ3n) is 4.26. The third kappa shape index (κ3) is 5.07. The summed E-state index contributed by atoms with van der Waals surface area (Å²) >= 11 is 1.00. The fraction of sp³-hybridized carbons (Fsp3) is 0.500. The molecule has 15 heteroatoms. The van der Waals surface area contributed by atoms with Crippen molar-refractivity contribution in [3.63, 3.8) is 0 Å². The van der Waals surface area contributed by atoms with Crippen LogP contribution < -0.4 is 11.1 Å². The van der Waals surface area contributed by atoms with E-state index in [0.29, 0.717) is 0 Å². The average Bonchev–Trinajstić information content (AvgIpc) is 3.11. The Morgan fingerprint density at radius 2 is 2.03 bits per heavy atom. The summed E-state index contributed by atoms with van der Waals surface area (Å²) in [6.45, 7) is 3.32. The van der Waals surface area contributed by atoms with Gasteiger partial charge in [0.25, 0.3) is 11.8 Å². The van der Waals surface area contributed by atoms with Crippen LogP contribution in [-0.4, -0.2) is 85.2 Å². The number of anilines is 1. The molecule has 31 heavy (non-hydrogen) atoms. The molecule has 1 aliphatic rings. The van der Waals surface area contributed by atoms with Gasteiger partial charge in [-0.25, -0.2) is 19.6 Å². The number of hydrogen-bond acceptors (Lipinski definition) is 11. The molecule has 3 unspecified atom stereocenters. The molecule has 6 N–H and O–H groups in total. The van der Waals surface area contributed by atoms with E-state index in [1.54, 1.807) is 0 Å². The van der Waals surface area contributed by atoms with E-state index in [1.807, 2.05) is 0 Å². The zero-order valence-corrected chi connectivity index (χ0v) is 17.5. The molecule has 0 bridgehead atoms. The summed E-state index contributed by atoms with van der Waals surface area (Å²) in [5, 5.41) is 35.2. The van der Waals surface area contributed by atoms with Crippen LogP contribution in [-0.2, 0) is 28.9 Å². The van der Waals surface area contributed by atoms with Gasteiger partial charge in [-0.2, -0.15) is 0 Å². The minimum absolute atomic E-state index is 0.00138. The monoisotopic (exact) mass is 459 g/mol. The number of nitrogens with one attached hydrogen (secondary N) is 1. The Hall–Kier alpha value is -3.30. The number of nitrogens with zero attached hydrogens (tertiary/aromatic N) is 3. The molecule has 1 fully saturated rings. The van der Waals surface area contributed by atoms with E-state index in [-0.39, 0.29) is 10.8 Å². The van der Waals surface area contributed by atoms with Gasteiger partial charge in [0, 0.05) is 5.38 Å². The van der Waals surface area contributed by atoms with Crippen LogP contribution in [0.4, 0.5) is 5.13 Å². The number of aliphatic carboxylic acids is 2. The van der Waals surface area contributed by atoms with Gasteiger partial charge in [0.15, 0.2) is 10.8 Å². The highest BCUT2D eigenvalue weighted by molar-refractivity contribution is 7.13. The number of rotatable bonds is 10. The van der Waals surface area contributed by atoms with E-state index < -0.39 is 59.9 Å². The van der Waals surface area contributed by atoms with Crippen molar-refractivity contribution >= 4 is 45.9 Å².